The third kappa shape index (κ3) is 1.96. The van der Waals surface area contributed by atoms with Gasteiger partial charge in [0.25, 0.3) is 5.56 Å². The van der Waals surface area contributed by atoms with Gasteiger partial charge in [0.15, 0.2) is 0 Å². The molecule has 2 atom stereocenters. The van der Waals surface area contributed by atoms with E-state index in [-0.39, 0.29) is 11.6 Å². The van der Waals surface area contributed by atoms with Gasteiger partial charge in [-0.15, -0.1) is 0 Å². The van der Waals surface area contributed by atoms with Crippen molar-refractivity contribution in [3.05, 3.63) is 28.2 Å². The molecule has 5 heteroatoms. The van der Waals surface area contributed by atoms with E-state index in [0.29, 0.717) is 10.8 Å². The van der Waals surface area contributed by atoms with Gasteiger partial charge in [0.1, 0.15) is 5.40 Å². The Kier molecular flexibility index (Phi) is 2.92. The van der Waals surface area contributed by atoms with Crippen molar-refractivity contribution in [3.63, 3.8) is 0 Å². The van der Waals surface area contributed by atoms with Crippen LogP contribution >= 0.6 is 11.8 Å². The van der Waals surface area contributed by atoms with Gasteiger partial charge in [-0.3, -0.25) is 4.79 Å². The number of nitrogens with zero attached hydrogens (tertiary/aromatic N) is 2. The fraction of sp³-hybridized carbons (Fsp3) is 0.538. The number of hydrogen-bond donors (Lipinski definition) is 1. The van der Waals surface area contributed by atoms with Crippen molar-refractivity contribution in [3.8, 4) is 5.40 Å². The summed E-state index contributed by atoms with van der Waals surface area (Å²) in [6.45, 7) is 0. The number of aliphatic hydroxyl groups excluding tert-OH is 1. The first-order valence-corrected chi connectivity index (χ1v) is 7.02. The summed E-state index contributed by atoms with van der Waals surface area (Å²) >= 11 is 0.919. The number of aliphatic hydroxyl groups is 1. The van der Waals surface area contributed by atoms with Crippen LogP contribution in [0.15, 0.2) is 22.0 Å². The Bertz CT molecular complexity index is 571. The average molecular weight is 262 g/mol. The van der Waals surface area contributed by atoms with E-state index in [9.17, 15) is 9.90 Å². The van der Waals surface area contributed by atoms with Gasteiger partial charge >= 0.3 is 0 Å². The molecule has 1 N–H and O–H groups in total. The molecule has 0 unspecified atom stereocenters. The average Bonchev–Trinajstić information content (AvgIpc) is 3.16. The van der Waals surface area contributed by atoms with Crippen LogP contribution in [0, 0.1) is 10.7 Å². The van der Waals surface area contributed by atoms with Gasteiger partial charge in [0, 0.05) is 6.20 Å². The number of pyridine rings is 1. The summed E-state index contributed by atoms with van der Waals surface area (Å²) in [7, 11) is 0. The molecular weight excluding hydrogens is 248 g/mol. The smallest absolute Gasteiger partial charge is 0.265 e. The van der Waals surface area contributed by atoms with Gasteiger partial charge in [0.2, 0.25) is 0 Å². The summed E-state index contributed by atoms with van der Waals surface area (Å²) in [5, 5.41) is 20.4. The molecule has 2 saturated carbocycles. The monoisotopic (exact) mass is 262 g/mol. The molecule has 18 heavy (non-hydrogen) atoms. The maximum absolute atomic E-state index is 12.2. The van der Waals surface area contributed by atoms with E-state index in [4.69, 9.17) is 5.26 Å². The van der Waals surface area contributed by atoms with Crippen LogP contribution in [-0.4, -0.2) is 15.8 Å². The molecule has 0 amide bonds. The molecule has 2 aliphatic rings. The first-order valence-electron chi connectivity index (χ1n) is 6.21. The minimum atomic E-state index is -0.419. The molecule has 0 aliphatic heterocycles. The van der Waals surface area contributed by atoms with Crippen LogP contribution in [-0.2, 0) is 0 Å². The molecule has 0 aromatic carbocycles. The maximum Gasteiger partial charge on any atom is 0.265 e. The van der Waals surface area contributed by atoms with Crippen molar-refractivity contribution >= 4 is 11.8 Å². The highest BCUT2D eigenvalue weighted by molar-refractivity contribution is 8.03. The number of thiocyanates is 1. The highest BCUT2D eigenvalue weighted by atomic mass is 32.2. The van der Waals surface area contributed by atoms with E-state index >= 15 is 0 Å². The lowest BCUT2D eigenvalue weighted by molar-refractivity contribution is 0.0293. The van der Waals surface area contributed by atoms with Crippen molar-refractivity contribution < 1.29 is 5.11 Å². The van der Waals surface area contributed by atoms with Crippen LogP contribution < -0.4 is 5.56 Å². The first kappa shape index (κ1) is 11.8. The van der Waals surface area contributed by atoms with Gasteiger partial charge in [-0.1, -0.05) is 0 Å². The molecule has 0 spiro atoms. The van der Waals surface area contributed by atoms with E-state index < -0.39 is 6.10 Å². The van der Waals surface area contributed by atoms with Gasteiger partial charge < -0.3 is 9.67 Å². The summed E-state index contributed by atoms with van der Waals surface area (Å²) in [5.74, 6) is 0.534. The standard InChI is InChI=1S/C13H14N2O2S/c14-7-18-12-5-9(8-1-2-8)6-15(13(12)17)10-3-4-11(10)16/h5-6,8,10-11,16H,1-4H2/t10-,11+/m1/s1. The highest BCUT2D eigenvalue weighted by Crippen LogP contribution is 2.41. The number of hydrogen-bond acceptors (Lipinski definition) is 4. The van der Waals surface area contributed by atoms with Crippen LogP contribution in [0.3, 0.4) is 0 Å². The van der Waals surface area contributed by atoms with Crippen LogP contribution in [0.25, 0.3) is 0 Å². The third-order valence-electron chi connectivity index (χ3n) is 3.80. The molecule has 1 heterocycles. The Balaban J connectivity index is 2.05. The Morgan fingerprint density at radius 2 is 2.17 bits per heavy atom. The number of thioether (sulfide) groups is 1. The normalized spacial score (nSPS) is 26.4. The van der Waals surface area contributed by atoms with Gasteiger partial charge in [-0.25, -0.2) is 0 Å². The Labute approximate surface area is 109 Å². The second-order valence-electron chi connectivity index (χ2n) is 5.03. The van der Waals surface area contributed by atoms with Crippen LogP contribution in [0.4, 0.5) is 0 Å². The lowest BCUT2D eigenvalue weighted by Gasteiger charge is -2.34. The summed E-state index contributed by atoms with van der Waals surface area (Å²) in [6.07, 6.45) is 5.37. The quantitative estimate of drug-likeness (QED) is 0.668. The molecule has 1 aromatic rings. The highest BCUT2D eigenvalue weighted by Gasteiger charge is 2.33. The van der Waals surface area contributed by atoms with Crippen LogP contribution in [0.2, 0.25) is 0 Å². The van der Waals surface area contributed by atoms with Crippen molar-refractivity contribution in [1.29, 1.82) is 5.26 Å². The van der Waals surface area contributed by atoms with Crippen LogP contribution in [0.1, 0.15) is 43.2 Å². The maximum atomic E-state index is 12.2. The topological polar surface area (TPSA) is 66.0 Å². The van der Waals surface area contributed by atoms with Crippen LogP contribution in [0.5, 0.6) is 0 Å². The molecular formula is C13H14N2O2S. The summed E-state index contributed by atoms with van der Waals surface area (Å²) in [4.78, 5) is 12.7. The molecule has 3 rings (SSSR count). The van der Waals surface area contributed by atoms with Crippen molar-refractivity contribution in [2.24, 2.45) is 0 Å². The Hall–Kier alpha value is -1.25. The zero-order valence-electron chi connectivity index (χ0n) is 9.87. The molecule has 0 radical (unpaired) electrons. The van der Waals surface area contributed by atoms with E-state index in [2.05, 4.69) is 0 Å². The predicted octanol–water partition coefficient (Wildman–Crippen LogP) is 1.99. The SMILES string of the molecule is N#CSc1cc(C2CC2)cn([C@@H]2CC[C@@H]2O)c1=O. The molecule has 2 fully saturated rings. The Morgan fingerprint density at radius 3 is 2.67 bits per heavy atom. The van der Waals surface area contributed by atoms with Crippen molar-refractivity contribution in [2.75, 3.05) is 0 Å². The molecule has 0 bridgehead atoms. The lowest BCUT2D eigenvalue weighted by Crippen LogP contribution is -2.39. The molecule has 2 aliphatic carbocycles. The van der Waals surface area contributed by atoms with E-state index in [1.165, 1.54) is 0 Å². The van der Waals surface area contributed by atoms with E-state index in [0.717, 1.165) is 43.0 Å². The fourth-order valence-electron chi connectivity index (χ4n) is 2.39. The molecule has 94 valence electrons. The second kappa shape index (κ2) is 4.45. The van der Waals surface area contributed by atoms with E-state index in [1.54, 1.807) is 4.57 Å². The summed E-state index contributed by atoms with van der Waals surface area (Å²) in [6, 6.07) is 1.74. The molecule has 4 nitrogen and oxygen atoms in total. The zero-order chi connectivity index (χ0) is 12.7. The molecule has 1 aromatic heterocycles. The van der Waals surface area contributed by atoms with Crippen molar-refractivity contribution in [1.82, 2.24) is 4.57 Å². The first-order chi connectivity index (χ1) is 8.70. The summed E-state index contributed by atoms with van der Waals surface area (Å²) in [5.41, 5.74) is 0.987. The minimum absolute atomic E-state index is 0.103. The lowest BCUT2D eigenvalue weighted by atomic mass is 9.89. The number of nitriles is 1. The van der Waals surface area contributed by atoms with Gasteiger partial charge in [-0.05, 0) is 55.0 Å². The van der Waals surface area contributed by atoms with E-state index in [1.807, 2.05) is 17.7 Å². The van der Waals surface area contributed by atoms with Gasteiger partial charge in [0.05, 0.1) is 17.0 Å². The third-order valence-corrected chi connectivity index (χ3v) is 4.40. The predicted molar refractivity (Wildman–Crippen MR) is 68.4 cm³/mol. The zero-order valence-corrected chi connectivity index (χ0v) is 10.7. The second-order valence-corrected chi connectivity index (χ2v) is 5.86. The largest absolute Gasteiger partial charge is 0.391 e. The number of rotatable bonds is 3. The van der Waals surface area contributed by atoms with Gasteiger partial charge in [-0.2, -0.15) is 5.26 Å². The number of aromatic nitrogens is 1. The minimum Gasteiger partial charge on any atom is -0.391 e. The fourth-order valence-corrected chi connectivity index (χ4v) is 2.88. The molecule has 0 saturated heterocycles. The van der Waals surface area contributed by atoms with Crippen molar-refractivity contribution in [2.45, 2.75) is 48.6 Å². The Morgan fingerprint density at radius 1 is 1.39 bits per heavy atom. The summed E-state index contributed by atoms with van der Waals surface area (Å²) < 4.78 is 1.64.